The molecule has 5 atom stereocenters. The predicted molar refractivity (Wildman–Crippen MR) is 104 cm³/mol. The van der Waals surface area contributed by atoms with E-state index in [1.807, 2.05) is 12.2 Å². The molecule has 0 bridgehead atoms. The smallest absolute Gasteiger partial charge is 0.229 e. The molecule has 0 aliphatic carbocycles. The second-order valence-corrected chi connectivity index (χ2v) is 6.68. The maximum absolute atomic E-state index is 10.1. The minimum atomic E-state index is -1.52. The number of methoxy groups -OCH3 is 1. The molecule has 2 aromatic rings. The third-order valence-corrected chi connectivity index (χ3v) is 4.60. The van der Waals surface area contributed by atoms with Gasteiger partial charge in [-0.25, -0.2) is 0 Å². The molecular formula is C21H24O8. The fraction of sp³-hybridized carbons (Fsp3) is 0.333. The first-order chi connectivity index (χ1) is 13.9. The summed E-state index contributed by atoms with van der Waals surface area (Å²) in [6.07, 6.45) is -3.17. The molecule has 29 heavy (non-hydrogen) atoms. The van der Waals surface area contributed by atoms with Crippen LogP contribution in [0.1, 0.15) is 11.1 Å². The summed E-state index contributed by atoms with van der Waals surface area (Å²) in [7, 11) is 1.50. The van der Waals surface area contributed by atoms with Crippen molar-refractivity contribution in [1.82, 2.24) is 0 Å². The first kappa shape index (κ1) is 21.1. The Balaban J connectivity index is 1.80. The van der Waals surface area contributed by atoms with Crippen LogP contribution in [0.25, 0.3) is 12.2 Å². The van der Waals surface area contributed by atoms with Crippen molar-refractivity contribution >= 4 is 12.2 Å². The van der Waals surface area contributed by atoms with Gasteiger partial charge in [0.1, 0.15) is 41.7 Å². The number of benzene rings is 2. The Hall–Kier alpha value is -2.62. The third-order valence-electron chi connectivity index (χ3n) is 4.60. The Morgan fingerprint density at radius 3 is 2.21 bits per heavy atom. The molecule has 0 saturated carbocycles. The van der Waals surface area contributed by atoms with Crippen molar-refractivity contribution in [3.05, 3.63) is 53.6 Å². The van der Waals surface area contributed by atoms with E-state index in [0.717, 1.165) is 11.1 Å². The minimum absolute atomic E-state index is 0.179. The second kappa shape index (κ2) is 9.25. The van der Waals surface area contributed by atoms with Crippen LogP contribution in [-0.2, 0) is 4.74 Å². The Bertz CT molecular complexity index is 833. The van der Waals surface area contributed by atoms with Gasteiger partial charge in [0.2, 0.25) is 6.29 Å². The second-order valence-electron chi connectivity index (χ2n) is 6.68. The van der Waals surface area contributed by atoms with Crippen LogP contribution >= 0.6 is 0 Å². The first-order valence-corrected chi connectivity index (χ1v) is 9.04. The number of hydrogen-bond acceptors (Lipinski definition) is 8. The molecule has 0 amide bonds. The van der Waals surface area contributed by atoms with Crippen LogP contribution < -0.4 is 9.47 Å². The Morgan fingerprint density at radius 2 is 1.55 bits per heavy atom. The van der Waals surface area contributed by atoms with Crippen molar-refractivity contribution in [2.24, 2.45) is 0 Å². The van der Waals surface area contributed by atoms with Gasteiger partial charge in [-0.2, -0.15) is 0 Å². The van der Waals surface area contributed by atoms with E-state index in [-0.39, 0.29) is 5.75 Å². The molecule has 1 saturated heterocycles. The highest BCUT2D eigenvalue weighted by molar-refractivity contribution is 5.71. The van der Waals surface area contributed by atoms with Crippen LogP contribution in [0.5, 0.6) is 17.2 Å². The maximum Gasteiger partial charge on any atom is 0.229 e. The predicted octanol–water partition coefficient (Wildman–Crippen LogP) is 0.750. The highest BCUT2D eigenvalue weighted by atomic mass is 16.7. The van der Waals surface area contributed by atoms with Crippen LogP contribution in [0, 0.1) is 0 Å². The summed E-state index contributed by atoms with van der Waals surface area (Å²) in [5, 5.41) is 48.6. The lowest BCUT2D eigenvalue weighted by Crippen LogP contribution is -2.60. The molecule has 1 fully saturated rings. The lowest BCUT2D eigenvalue weighted by Gasteiger charge is -2.39. The minimum Gasteiger partial charge on any atom is -0.508 e. The molecule has 1 aliphatic rings. The quantitative estimate of drug-likeness (QED) is 0.446. The van der Waals surface area contributed by atoms with Crippen molar-refractivity contribution in [3.63, 3.8) is 0 Å². The van der Waals surface area contributed by atoms with Gasteiger partial charge >= 0.3 is 0 Å². The van der Waals surface area contributed by atoms with Crippen molar-refractivity contribution in [1.29, 1.82) is 0 Å². The van der Waals surface area contributed by atoms with Crippen molar-refractivity contribution in [2.45, 2.75) is 30.7 Å². The topological polar surface area (TPSA) is 129 Å². The zero-order chi connectivity index (χ0) is 21.0. The van der Waals surface area contributed by atoms with Gasteiger partial charge < -0.3 is 39.7 Å². The van der Waals surface area contributed by atoms with Crippen LogP contribution in [0.3, 0.4) is 0 Å². The number of phenols is 1. The van der Waals surface area contributed by atoms with Gasteiger partial charge in [0.15, 0.2) is 0 Å². The number of hydrogen-bond donors (Lipinski definition) is 5. The monoisotopic (exact) mass is 404 g/mol. The molecule has 2 aromatic carbocycles. The zero-order valence-corrected chi connectivity index (χ0v) is 15.8. The largest absolute Gasteiger partial charge is 0.508 e. The van der Waals surface area contributed by atoms with Gasteiger partial charge in [0.25, 0.3) is 0 Å². The molecule has 8 nitrogen and oxygen atoms in total. The van der Waals surface area contributed by atoms with Gasteiger partial charge in [-0.05, 0) is 35.4 Å². The van der Waals surface area contributed by atoms with Gasteiger partial charge in [-0.1, -0.05) is 24.3 Å². The van der Waals surface area contributed by atoms with Crippen molar-refractivity contribution in [3.8, 4) is 17.2 Å². The molecule has 1 aliphatic heterocycles. The molecule has 156 valence electrons. The summed E-state index contributed by atoms with van der Waals surface area (Å²) < 4.78 is 16.3. The van der Waals surface area contributed by atoms with Crippen molar-refractivity contribution < 1.29 is 39.7 Å². The summed E-state index contributed by atoms with van der Waals surface area (Å²) in [5.41, 5.74) is 1.61. The molecule has 0 radical (unpaired) electrons. The van der Waals surface area contributed by atoms with Crippen LogP contribution in [-0.4, -0.2) is 70.0 Å². The van der Waals surface area contributed by atoms with Gasteiger partial charge in [-0.3, -0.25) is 0 Å². The molecule has 8 heteroatoms. The van der Waals surface area contributed by atoms with E-state index < -0.39 is 37.3 Å². The lowest BCUT2D eigenvalue weighted by atomic mass is 9.99. The van der Waals surface area contributed by atoms with Crippen LogP contribution in [0.4, 0.5) is 0 Å². The summed E-state index contributed by atoms with van der Waals surface area (Å²) >= 11 is 0. The van der Waals surface area contributed by atoms with Crippen LogP contribution in [0.2, 0.25) is 0 Å². The van der Waals surface area contributed by atoms with E-state index in [2.05, 4.69) is 0 Å². The van der Waals surface area contributed by atoms with Gasteiger partial charge in [0.05, 0.1) is 13.7 Å². The van der Waals surface area contributed by atoms with E-state index in [0.29, 0.717) is 11.5 Å². The Morgan fingerprint density at radius 1 is 0.897 bits per heavy atom. The summed E-state index contributed by atoms with van der Waals surface area (Å²) in [6, 6.07) is 11.7. The summed E-state index contributed by atoms with van der Waals surface area (Å²) in [5.74, 6) is 0.982. The molecule has 1 heterocycles. The highest BCUT2D eigenvalue weighted by Gasteiger charge is 2.44. The number of rotatable bonds is 6. The molecule has 3 rings (SSSR count). The zero-order valence-electron chi connectivity index (χ0n) is 15.8. The lowest BCUT2D eigenvalue weighted by molar-refractivity contribution is -0.277. The Kier molecular flexibility index (Phi) is 6.73. The van der Waals surface area contributed by atoms with Crippen LogP contribution in [0.15, 0.2) is 42.5 Å². The first-order valence-electron chi connectivity index (χ1n) is 9.04. The molecule has 0 unspecified atom stereocenters. The van der Waals surface area contributed by atoms with Crippen molar-refractivity contribution in [2.75, 3.05) is 13.7 Å². The molecular weight excluding hydrogens is 380 g/mol. The number of phenolic OH excluding ortho intramolecular Hbond substituents is 1. The van der Waals surface area contributed by atoms with E-state index in [4.69, 9.17) is 14.2 Å². The average Bonchev–Trinajstić information content (AvgIpc) is 2.73. The third kappa shape index (κ3) is 5.06. The Labute approximate surface area is 167 Å². The maximum atomic E-state index is 10.1. The SMILES string of the molecule is COc1cc(/C=C/c2ccc(O)cc2)cc(O[C@@H]2O[C@H](CO)[C@@H](O)[C@H](O)[C@H]2O)c1. The standard InChI is InChI=1S/C21H24O8/c1-27-15-8-13(3-2-12-4-6-14(23)7-5-12)9-16(10-15)28-21-20(26)19(25)18(24)17(11-22)29-21/h2-10,17-26H,11H2,1H3/b3-2+/t17-,18-,19+,20-,21-/m1/s1. The number of aliphatic hydroxyl groups is 4. The normalized spacial score (nSPS) is 27.1. The summed E-state index contributed by atoms with van der Waals surface area (Å²) in [4.78, 5) is 0. The van der Waals surface area contributed by atoms with E-state index in [1.54, 1.807) is 42.5 Å². The number of aromatic hydroxyl groups is 1. The molecule has 0 spiro atoms. The van der Waals surface area contributed by atoms with E-state index >= 15 is 0 Å². The van der Waals surface area contributed by atoms with Gasteiger partial charge in [0, 0.05) is 6.07 Å². The molecule has 5 N–H and O–H groups in total. The summed E-state index contributed by atoms with van der Waals surface area (Å²) in [6.45, 7) is -0.538. The number of aliphatic hydroxyl groups excluding tert-OH is 4. The van der Waals surface area contributed by atoms with E-state index in [1.165, 1.54) is 7.11 Å². The number of ether oxygens (including phenoxy) is 3. The van der Waals surface area contributed by atoms with E-state index in [9.17, 15) is 25.5 Å². The fourth-order valence-electron chi connectivity index (χ4n) is 2.95. The fourth-order valence-corrected chi connectivity index (χ4v) is 2.95. The highest BCUT2D eigenvalue weighted by Crippen LogP contribution is 2.29. The average molecular weight is 404 g/mol. The van der Waals surface area contributed by atoms with Gasteiger partial charge in [-0.15, -0.1) is 0 Å². The molecule has 0 aromatic heterocycles.